The molecule has 2 aromatic rings. The Morgan fingerprint density at radius 1 is 1.14 bits per heavy atom. The molecular weight excluding hydrogens is 258 g/mol. The van der Waals surface area contributed by atoms with E-state index >= 15 is 0 Å². The second kappa shape index (κ2) is 6.21. The number of pyridine rings is 1. The molecule has 0 saturated carbocycles. The highest BCUT2D eigenvalue weighted by Crippen LogP contribution is 2.25. The molecule has 2 nitrogen and oxygen atoms in total. The minimum absolute atomic E-state index is 0.296. The van der Waals surface area contributed by atoms with Gasteiger partial charge in [-0.3, -0.25) is 9.78 Å². The highest BCUT2D eigenvalue weighted by molar-refractivity contribution is 5.98. The largest absolute Gasteiger partial charge is 0.294 e. The lowest BCUT2D eigenvalue weighted by Crippen LogP contribution is -2.13. The number of fused-ring (bicyclic) bond motifs is 1. The van der Waals surface area contributed by atoms with Gasteiger partial charge in [-0.15, -0.1) is 0 Å². The zero-order chi connectivity index (χ0) is 14.7. The molecule has 0 spiro atoms. The summed E-state index contributed by atoms with van der Waals surface area (Å²) in [5.41, 5.74) is 5.82. The van der Waals surface area contributed by atoms with E-state index in [0.717, 1.165) is 43.4 Å². The summed E-state index contributed by atoms with van der Waals surface area (Å²) in [6, 6.07) is 10.4. The van der Waals surface area contributed by atoms with Gasteiger partial charge < -0.3 is 0 Å². The maximum absolute atomic E-state index is 12.0. The molecule has 21 heavy (non-hydrogen) atoms. The first-order valence-electron chi connectivity index (χ1n) is 7.85. The molecule has 2 heteroatoms. The molecule has 0 unspecified atom stereocenters. The fraction of sp³-hybridized carbons (Fsp3) is 0.368. The van der Waals surface area contributed by atoms with Crippen LogP contribution in [0, 0.1) is 0 Å². The van der Waals surface area contributed by atoms with Crippen LogP contribution in [0.15, 0.2) is 36.5 Å². The Kier molecular flexibility index (Phi) is 4.14. The van der Waals surface area contributed by atoms with Crippen LogP contribution < -0.4 is 0 Å². The maximum Gasteiger partial charge on any atom is 0.163 e. The molecule has 0 saturated heterocycles. The van der Waals surface area contributed by atoms with E-state index in [1.807, 2.05) is 18.3 Å². The third-order valence-corrected chi connectivity index (χ3v) is 4.20. The third kappa shape index (κ3) is 3.05. The summed E-state index contributed by atoms with van der Waals surface area (Å²) in [6.45, 7) is 2.18. The van der Waals surface area contributed by atoms with Gasteiger partial charge in [0.1, 0.15) is 0 Å². The first kappa shape index (κ1) is 14.0. The molecule has 0 bridgehead atoms. The highest BCUT2D eigenvalue weighted by atomic mass is 16.1. The van der Waals surface area contributed by atoms with Gasteiger partial charge >= 0.3 is 0 Å². The van der Waals surface area contributed by atoms with Crippen molar-refractivity contribution in [3.05, 3.63) is 64.5 Å². The number of nitrogens with zero attached hydrogens (tertiary/aromatic N) is 1. The van der Waals surface area contributed by atoms with Gasteiger partial charge in [-0.1, -0.05) is 37.6 Å². The molecule has 0 N–H and O–H groups in total. The molecule has 108 valence electrons. The number of aromatic nitrogens is 1. The second-order valence-electron chi connectivity index (χ2n) is 5.80. The summed E-state index contributed by atoms with van der Waals surface area (Å²) in [7, 11) is 0. The molecule has 1 heterocycles. The first-order chi connectivity index (χ1) is 10.3. The van der Waals surface area contributed by atoms with E-state index in [1.165, 1.54) is 16.7 Å². The Hall–Kier alpha value is -1.96. The molecule has 0 amide bonds. The lowest BCUT2D eigenvalue weighted by molar-refractivity contribution is 0.0972. The van der Waals surface area contributed by atoms with Crippen LogP contribution in [-0.2, 0) is 19.3 Å². The van der Waals surface area contributed by atoms with Gasteiger partial charge in [-0.05, 0) is 42.0 Å². The summed E-state index contributed by atoms with van der Waals surface area (Å²) in [5.74, 6) is 0.296. The van der Waals surface area contributed by atoms with Gasteiger partial charge in [0.25, 0.3) is 0 Å². The zero-order valence-corrected chi connectivity index (χ0v) is 12.6. The van der Waals surface area contributed by atoms with Gasteiger partial charge in [-0.25, -0.2) is 0 Å². The van der Waals surface area contributed by atoms with E-state index in [2.05, 4.69) is 30.1 Å². The molecule has 0 atom stereocenters. The van der Waals surface area contributed by atoms with E-state index in [4.69, 9.17) is 0 Å². The smallest absolute Gasteiger partial charge is 0.163 e. The number of carbonyl (C=O) groups excluding carboxylic acids is 1. The Balaban J connectivity index is 1.85. The Morgan fingerprint density at radius 3 is 2.81 bits per heavy atom. The fourth-order valence-corrected chi connectivity index (χ4v) is 3.11. The Morgan fingerprint density at radius 2 is 2.05 bits per heavy atom. The van der Waals surface area contributed by atoms with Gasteiger partial charge in [0.2, 0.25) is 0 Å². The summed E-state index contributed by atoms with van der Waals surface area (Å²) in [5, 5.41) is 0. The van der Waals surface area contributed by atoms with Crippen LogP contribution in [0.1, 0.15) is 58.9 Å². The van der Waals surface area contributed by atoms with Gasteiger partial charge in [0.15, 0.2) is 5.78 Å². The van der Waals surface area contributed by atoms with Crippen LogP contribution in [0.2, 0.25) is 0 Å². The number of hydrogen-bond donors (Lipinski definition) is 0. The predicted octanol–water partition coefficient (Wildman–Crippen LogP) is 4.14. The van der Waals surface area contributed by atoms with Crippen molar-refractivity contribution in [2.24, 2.45) is 0 Å². The summed E-state index contributed by atoms with van der Waals surface area (Å²) >= 11 is 0. The van der Waals surface area contributed by atoms with Gasteiger partial charge in [0, 0.05) is 30.3 Å². The normalized spacial score (nSPS) is 14.0. The average molecular weight is 279 g/mol. The topological polar surface area (TPSA) is 30.0 Å². The number of carbonyl (C=O) groups is 1. The van der Waals surface area contributed by atoms with Crippen molar-refractivity contribution < 1.29 is 4.79 Å². The van der Waals surface area contributed by atoms with E-state index in [-0.39, 0.29) is 0 Å². The van der Waals surface area contributed by atoms with Crippen molar-refractivity contribution in [2.75, 3.05) is 0 Å². The van der Waals surface area contributed by atoms with Crippen LogP contribution in [0.5, 0.6) is 0 Å². The molecular formula is C19H21NO. The number of aryl methyl sites for hydroxylation is 1. The quantitative estimate of drug-likeness (QED) is 0.841. The molecule has 0 aliphatic heterocycles. The van der Waals surface area contributed by atoms with Crippen LogP contribution >= 0.6 is 0 Å². The number of benzene rings is 1. The number of ketones is 1. The number of rotatable bonds is 4. The van der Waals surface area contributed by atoms with E-state index in [0.29, 0.717) is 12.2 Å². The predicted molar refractivity (Wildman–Crippen MR) is 84.7 cm³/mol. The highest BCUT2D eigenvalue weighted by Gasteiger charge is 2.19. The van der Waals surface area contributed by atoms with Crippen molar-refractivity contribution in [2.45, 2.75) is 45.4 Å². The van der Waals surface area contributed by atoms with E-state index in [9.17, 15) is 4.79 Å². The monoisotopic (exact) mass is 279 g/mol. The first-order valence-corrected chi connectivity index (χ1v) is 7.85. The van der Waals surface area contributed by atoms with Gasteiger partial charge in [0.05, 0.1) is 0 Å². The van der Waals surface area contributed by atoms with Gasteiger partial charge in [-0.2, -0.15) is 0 Å². The molecule has 1 aliphatic carbocycles. The lowest BCUT2D eigenvalue weighted by atomic mass is 9.86. The van der Waals surface area contributed by atoms with Crippen molar-refractivity contribution in [1.29, 1.82) is 0 Å². The van der Waals surface area contributed by atoms with Crippen molar-refractivity contribution in [3.8, 4) is 0 Å². The van der Waals surface area contributed by atoms with Crippen LogP contribution in [0.4, 0.5) is 0 Å². The Bertz CT molecular complexity index is 643. The standard InChI is InChI=1S/C19H21NO/c1-2-5-14-10-11-16(20-13-14)12-15-6-3-8-18-17(15)7-4-9-19(18)21/h3,6,8,10-11,13H,2,4-5,7,9,12H2,1H3. The zero-order valence-electron chi connectivity index (χ0n) is 12.6. The summed E-state index contributed by atoms with van der Waals surface area (Å²) in [6.07, 6.45) is 7.73. The van der Waals surface area contributed by atoms with Crippen molar-refractivity contribution >= 4 is 5.78 Å². The fourth-order valence-electron chi connectivity index (χ4n) is 3.11. The van der Waals surface area contributed by atoms with Crippen molar-refractivity contribution in [3.63, 3.8) is 0 Å². The number of hydrogen-bond acceptors (Lipinski definition) is 2. The van der Waals surface area contributed by atoms with Crippen molar-refractivity contribution in [1.82, 2.24) is 4.98 Å². The molecule has 1 aromatic heterocycles. The average Bonchev–Trinajstić information content (AvgIpc) is 2.51. The third-order valence-electron chi connectivity index (χ3n) is 4.20. The van der Waals surface area contributed by atoms with E-state index in [1.54, 1.807) is 0 Å². The lowest BCUT2D eigenvalue weighted by Gasteiger charge is -2.18. The minimum Gasteiger partial charge on any atom is -0.294 e. The molecule has 1 aromatic carbocycles. The van der Waals surface area contributed by atoms with E-state index < -0.39 is 0 Å². The van der Waals surface area contributed by atoms with Crippen LogP contribution in [-0.4, -0.2) is 10.8 Å². The molecule has 3 rings (SSSR count). The van der Waals surface area contributed by atoms with Crippen LogP contribution in [0.25, 0.3) is 0 Å². The Labute approximate surface area is 126 Å². The minimum atomic E-state index is 0.296. The SMILES string of the molecule is CCCc1ccc(Cc2cccc3c2CCCC3=O)nc1. The maximum atomic E-state index is 12.0. The number of Topliss-reactive ketones (excluding diaryl/α,β-unsaturated/α-hetero) is 1. The molecule has 0 radical (unpaired) electrons. The van der Waals surface area contributed by atoms with Crippen LogP contribution in [0.3, 0.4) is 0 Å². The second-order valence-corrected chi connectivity index (χ2v) is 5.80. The molecule has 0 fully saturated rings. The molecule has 1 aliphatic rings. The summed E-state index contributed by atoms with van der Waals surface area (Å²) in [4.78, 5) is 16.6. The summed E-state index contributed by atoms with van der Waals surface area (Å²) < 4.78 is 0.